The van der Waals surface area contributed by atoms with Crippen molar-refractivity contribution >= 4 is 29.8 Å². The molecule has 0 spiro atoms. The van der Waals surface area contributed by atoms with Gasteiger partial charge < -0.3 is 4.79 Å². The van der Waals surface area contributed by atoms with E-state index in [2.05, 4.69) is 0 Å². The zero-order chi connectivity index (χ0) is 12.8. The number of ketones is 1. The lowest BCUT2D eigenvalue weighted by atomic mass is 10.1. The zero-order valence-corrected chi connectivity index (χ0v) is 9.31. The fourth-order valence-corrected chi connectivity index (χ4v) is 1.60. The average molecular weight is 239 g/mol. The number of carbonyl (C=O) groups is 5. The summed E-state index contributed by atoms with van der Waals surface area (Å²) < 4.78 is 0. The molecular formula is C11H13NO5. The number of Topliss-reactive ketones (excluding diaryl/α,β-unsaturated/α-hetero) is 1. The number of nitrogens with zero attached hydrogens (tertiary/aromatic N) is 1. The van der Waals surface area contributed by atoms with Crippen molar-refractivity contribution in [3.63, 3.8) is 0 Å². The SMILES string of the molecule is O=CCC(=O)CCCC(=O)N1C(=O)CCC1=O. The molecule has 0 aliphatic carbocycles. The number of rotatable bonds is 6. The lowest BCUT2D eigenvalue weighted by Gasteiger charge is -2.10. The van der Waals surface area contributed by atoms with E-state index in [-0.39, 0.29) is 44.3 Å². The zero-order valence-electron chi connectivity index (χ0n) is 9.31. The summed E-state index contributed by atoms with van der Waals surface area (Å²) in [6.07, 6.45) is 0.849. The second-order valence-electron chi connectivity index (χ2n) is 3.78. The van der Waals surface area contributed by atoms with Crippen molar-refractivity contribution in [1.82, 2.24) is 4.90 Å². The minimum absolute atomic E-state index is 0.0257. The molecule has 3 amide bonds. The van der Waals surface area contributed by atoms with Gasteiger partial charge in [0.1, 0.15) is 12.1 Å². The minimum atomic E-state index is -0.559. The number of aldehydes is 1. The minimum Gasteiger partial charge on any atom is -0.303 e. The van der Waals surface area contributed by atoms with Crippen LogP contribution in [-0.2, 0) is 24.0 Å². The van der Waals surface area contributed by atoms with E-state index in [1.165, 1.54) is 0 Å². The molecule has 92 valence electrons. The molecule has 1 rings (SSSR count). The van der Waals surface area contributed by atoms with Crippen LogP contribution in [0.3, 0.4) is 0 Å². The monoisotopic (exact) mass is 239 g/mol. The Balaban J connectivity index is 2.35. The van der Waals surface area contributed by atoms with Crippen LogP contribution in [-0.4, -0.2) is 34.7 Å². The second-order valence-corrected chi connectivity index (χ2v) is 3.78. The first kappa shape index (κ1) is 13.2. The molecule has 0 radical (unpaired) electrons. The van der Waals surface area contributed by atoms with Gasteiger partial charge in [0.15, 0.2) is 0 Å². The fourth-order valence-electron chi connectivity index (χ4n) is 1.60. The molecule has 0 atom stereocenters. The topological polar surface area (TPSA) is 88.6 Å². The van der Waals surface area contributed by atoms with Gasteiger partial charge in [-0.3, -0.25) is 19.2 Å². The van der Waals surface area contributed by atoms with Crippen LogP contribution in [0.1, 0.15) is 38.5 Å². The maximum Gasteiger partial charge on any atom is 0.236 e. The van der Waals surface area contributed by atoms with Crippen LogP contribution in [0.5, 0.6) is 0 Å². The molecule has 0 unspecified atom stereocenters. The Morgan fingerprint density at radius 1 is 1.12 bits per heavy atom. The third kappa shape index (κ3) is 3.58. The Morgan fingerprint density at radius 3 is 2.24 bits per heavy atom. The molecule has 1 fully saturated rings. The van der Waals surface area contributed by atoms with E-state index in [1.807, 2.05) is 0 Å². The quantitative estimate of drug-likeness (QED) is 0.369. The smallest absolute Gasteiger partial charge is 0.236 e. The van der Waals surface area contributed by atoms with Crippen LogP contribution >= 0.6 is 0 Å². The van der Waals surface area contributed by atoms with Gasteiger partial charge >= 0.3 is 0 Å². The summed E-state index contributed by atoms with van der Waals surface area (Å²) in [4.78, 5) is 55.6. The summed E-state index contributed by atoms with van der Waals surface area (Å²) in [5.74, 6) is -1.75. The van der Waals surface area contributed by atoms with Gasteiger partial charge in [0.25, 0.3) is 0 Å². The highest BCUT2D eigenvalue weighted by Gasteiger charge is 2.33. The third-order valence-electron chi connectivity index (χ3n) is 2.46. The van der Waals surface area contributed by atoms with Gasteiger partial charge in [0, 0.05) is 25.7 Å². The lowest BCUT2D eigenvalue weighted by Crippen LogP contribution is -2.35. The van der Waals surface area contributed by atoms with Gasteiger partial charge in [0.2, 0.25) is 17.7 Å². The van der Waals surface area contributed by atoms with Crippen LogP contribution in [0.25, 0.3) is 0 Å². The normalized spacial score (nSPS) is 15.2. The van der Waals surface area contributed by atoms with E-state index in [4.69, 9.17) is 0 Å². The summed E-state index contributed by atoms with van der Waals surface area (Å²) >= 11 is 0. The van der Waals surface area contributed by atoms with E-state index in [0.29, 0.717) is 11.2 Å². The molecule has 6 nitrogen and oxygen atoms in total. The van der Waals surface area contributed by atoms with Crippen molar-refractivity contribution in [2.45, 2.75) is 38.5 Å². The maximum absolute atomic E-state index is 11.5. The molecule has 0 saturated carbocycles. The summed E-state index contributed by atoms with van der Waals surface area (Å²) in [6.45, 7) is 0. The van der Waals surface area contributed by atoms with Crippen molar-refractivity contribution in [2.24, 2.45) is 0 Å². The van der Waals surface area contributed by atoms with E-state index < -0.39 is 17.7 Å². The number of hydrogen-bond donors (Lipinski definition) is 0. The van der Waals surface area contributed by atoms with E-state index >= 15 is 0 Å². The fraction of sp³-hybridized carbons (Fsp3) is 0.545. The first-order chi connectivity index (χ1) is 8.06. The largest absolute Gasteiger partial charge is 0.303 e. The third-order valence-corrected chi connectivity index (χ3v) is 2.46. The average Bonchev–Trinajstić information content (AvgIpc) is 2.59. The predicted molar refractivity (Wildman–Crippen MR) is 55.6 cm³/mol. The number of carbonyl (C=O) groups excluding carboxylic acids is 5. The Kier molecular flexibility index (Phi) is 4.68. The highest BCUT2D eigenvalue weighted by molar-refractivity contribution is 6.15. The van der Waals surface area contributed by atoms with Gasteiger partial charge in [-0.1, -0.05) is 0 Å². The van der Waals surface area contributed by atoms with Crippen LogP contribution in [0.15, 0.2) is 0 Å². The van der Waals surface area contributed by atoms with Gasteiger partial charge in [-0.05, 0) is 6.42 Å². The highest BCUT2D eigenvalue weighted by atomic mass is 16.2. The van der Waals surface area contributed by atoms with Gasteiger partial charge in [-0.25, -0.2) is 4.90 Å². The predicted octanol–water partition coefficient (Wildman–Crippen LogP) is -0.00960. The molecule has 1 saturated heterocycles. The van der Waals surface area contributed by atoms with Crippen LogP contribution in [0, 0.1) is 0 Å². The maximum atomic E-state index is 11.5. The first-order valence-electron chi connectivity index (χ1n) is 5.40. The van der Waals surface area contributed by atoms with Gasteiger partial charge in [-0.2, -0.15) is 0 Å². The second kappa shape index (κ2) is 6.03. The number of imide groups is 3. The summed E-state index contributed by atoms with van der Waals surface area (Å²) in [7, 11) is 0. The number of hydrogen-bond acceptors (Lipinski definition) is 5. The number of likely N-dealkylation sites (tertiary alicyclic amines) is 1. The van der Waals surface area contributed by atoms with Crippen LogP contribution in [0.2, 0.25) is 0 Å². The van der Waals surface area contributed by atoms with Crippen molar-refractivity contribution in [3.05, 3.63) is 0 Å². The van der Waals surface area contributed by atoms with Crippen molar-refractivity contribution in [2.75, 3.05) is 0 Å². The summed E-state index contributed by atoms with van der Waals surface area (Å²) in [6, 6.07) is 0. The van der Waals surface area contributed by atoms with Crippen LogP contribution in [0.4, 0.5) is 0 Å². The standard InChI is InChI=1S/C11H13NO5/c13-7-6-8(14)2-1-3-9(15)12-10(16)4-5-11(12)17/h7H,1-6H2. The van der Waals surface area contributed by atoms with E-state index in [0.717, 1.165) is 0 Å². The van der Waals surface area contributed by atoms with Gasteiger partial charge in [-0.15, -0.1) is 0 Å². The Morgan fingerprint density at radius 2 is 1.71 bits per heavy atom. The van der Waals surface area contributed by atoms with Crippen molar-refractivity contribution in [1.29, 1.82) is 0 Å². The number of amides is 3. The Labute approximate surface area is 98.0 Å². The molecular weight excluding hydrogens is 226 g/mol. The molecule has 1 aliphatic heterocycles. The Hall–Kier alpha value is -1.85. The highest BCUT2D eigenvalue weighted by Crippen LogP contribution is 2.14. The van der Waals surface area contributed by atoms with E-state index in [1.54, 1.807) is 0 Å². The summed E-state index contributed by atoms with van der Waals surface area (Å²) in [5.41, 5.74) is 0. The Bertz CT molecular complexity index is 358. The molecule has 0 aromatic carbocycles. The molecule has 0 aromatic rings. The molecule has 0 aromatic heterocycles. The molecule has 1 aliphatic rings. The van der Waals surface area contributed by atoms with Gasteiger partial charge in [0.05, 0.1) is 6.42 Å². The molecule has 1 heterocycles. The lowest BCUT2D eigenvalue weighted by molar-refractivity contribution is -0.149. The van der Waals surface area contributed by atoms with Crippen LogP contribution < -0.4 is 0 Å². The molecule has 0 N–H and O–H groups in total. The molecule has 6 heteroatoms. The van der Waals surface area contributed by atoms with Crippen molar-refractivity contribution in [3.8, 4) is 0 Å². The molecule has 0 bridgehead atoms. The molecule has 17 heavy (non-hydrogen) atoms. The van der Waals surface area contributed by atoms with Crippen molar-refractivity contribution < 1.29 is 24.0 Å². The summed E-state index contributed by atoms with van der Waals surface area (Å²) in [5, 5.41) is 0. The first-order valence-corrected chi connectivity index (χ1v) is 5.40. The van der Waals surface area contributed by atoms with E-state index in [9.17, 15) is 24.0 Å².